The molecule has 1 aromatic heterocycles. The third-order valence-corrected chi connectivity index (χ3v) is 5.29. The molecule has 0 saturated carbocycles. The number of aromatic nitrogens is 3. The molecular weight excluding hydrogens is 351 g/mol. The maximum atomic E-state index is 14.0. The molecule has 4 rings (SSSR count). The molecule has 0 aliphatic carbocycles. The van der Waals surface area contributed by atoms with Crippen LogP contribution in [-0.4, -0.2) is 33.0 Å². The number of hydrogen-bond donors (Lipinski definition) is 0. The Labute approximate surface area is 154 Å². The molecule has 0 atom stereocenters. The van der Waals surface area contributed by atoms with Crippen LogP contribution in [0, 0.1) is 5.82 Å². The Morgan fingerprint density at radius 2 is 1.88 bits per heavy atom. The maximum absolute atomic E-state index is 14.0. The molecule has 1 aliphatic rings. The van der Waals surface area contributed by atoms with Gasteiger partial charge in [-0.15, -0.1) is 10.2 Å². The van der Waals surface area contributed by atoms with Crippen LogP contribution in [0.2, 0.25) is 0 Å². The summed E-state index contributed by atoms with van der Waals surface area (Å²) in [5.74, 6) is -0.114. The number of thioether (sulfide) groups is 1. The van der Waals surface area contributed by atoms with E-state index in [0.29, 0.717) is 10.8 Å². The third-order valence-electron chi connectivity index (χ3n) is 4.36. The van der Waals surface area contributed by atoms with Gasteiger partial charge in [0.05, 0.1) is 11.4 Å². The summed E-state index contributed by atoms with van der Waals surface area (Å²) in [7, 11) is 0. The van der Waals surface area contributed by atoms with Crippen molar-refractivity contribution in [1.29, 1.82) is 0 Å². The zero-order valence-electron chi connectivity index (χ0n) is 14.0. The number of halogens is 1. The predicted octanol–water partition coefficient (Wildman–Crippen LogP) is 3.48. The summed E-state index contributed by atoms with van der Waals surface area (Å²) >= 11 is 1.27. The number of benzene rings is 2. The van der Waals surface area contributed by atoms with Gasteiger partial charge in [0, 0.05) is 12.2 Å². The van der Waals surface area contributed by atoms with Crippen molar-refractivity contribution in [2.45, 2.75) is 18.0 Å². The molecule has 0 radical (unpaired) electrons. The SMILES string of the molecule is O=C(CSc1nncn1-c1ccccc1F)N1CCCc2ccccc21. The van der Waals surface area contributed by atoms with Crippen molar-refractivity contribution in [2.75, 3.05) is 17.2 Å². The van der Waals surface area contributed by atoms with Gasteiger partial charge in [0.1, 0.15) is 12.1 Å². The first-order chi connectivity index (χ1) is 12.7. The molecule has 2 heterocycles. The Morgan fingerprint density at radius 3 is 2.73 bits per heavy atom. The number of para-hydroxylation sites is 2. The average Bonchev–Trinajstić information content (AvgIpc) is 3.14. The quantitative estimate of drug-likeness (QED) is 0.662. The first-order valence-corrected chi connectivity index (χ1v) is 9.38. The lowest BCUT2D eigenvalue weighted by Gasteiger charge is -2.29. The summed E-state index contributed by atoms with van der Waals surface area (Å²) in [5.41, 5.74) is 2.56. The highest BCUT2D eigenvalue weighted by atomic mass is 32.2. The highest BCUT2D eigenvalue weighted by Gasteiger charge is 2.23. The van der Waals surface area contributed by atoms with E-state index in [9.17, 15) is 9.18 Å². The fourth-order valence-electron chi connectivity index (χ4n) is 3.13. The van der Waals surface area contributed by atoms with Gasteiger partial charge in [0.2, 0.25) is 5.91 Å². The summed E-state index contributed by atoms with van der Waals surface area (Å²) in [6.07, 6.45) is 3.41. The number of anilines is 1. The molecule has 5 nitrogen and oxygen atoms in total. The molecule has 132 valence electrons. The van der Waals surface area contributed by atoms with Crippen LogP contribution in [0.4, 0.5) is 10.1 Å². The Morgan fingerprint density at radius 1 is 1.12 bits per heavy atom. The van der Waals surface area contributed by atoms with Crippen LogP contribution in [0.5, 0.6) is 0 Å². The Hall–Kier alpha value is -2.67. The Bertz CT molecular complexity index is 943. The van der Waals surface area contributed by atoms with E-state index in [1.54, 1.807) is 22.8 Å². The standard InChI is InChI=1S/C19H17FN4OS/c20-15-8-2-4-10-17(15)24-13-21-22-19(24)26-12-18(25)23-11-5-7-14-6-1-3-9-16(14)23/h1-4,6,8-10,13H,5,7,11-12H2. The molecule has 1 amide bonds. The normalized spacial score (nSPS) is 13.5. The zero-order valence-corrected chi connectivity index (χ0v) is 14.8. The molecule has 0 N–H and O–H groups in total. The monoisotopic (exact) mass is 368 g/mol. The van der Waals surface area contributed by atoms with E-state index in [2.05, 4.69) is 16.3 Å². The van der Waals surface area contributed by atoms with Crippen LogP contribution >= 0.6 is 11.8 Å². The molecule has 26 heavy (non-hydrogen) atoms. The molecule has 0 spiro atoms. The molecular formula is C19H17FN4OS. The second-order valence-electron chi connectivity index (χ2n) is 6.00. The summed E-state index contributed by atoms with van der Waals surface area (Å²) in [6, 6.07) is 14.4. The molecule has 7 heteroatoms. The smallest absolute Gasteiger partial charge is 0.237 e. The van der Waals surface area contributed by atoms with Gasteiger partial charge < -0.3 is 4.90 Å². The number of carbonyl (C=O) groups excluding carboxylic acids is 1. The fourth-order valence-corrected chi connectivity index (χ4v) is 3.93. The minimum Gasteiger partial charge on any atom is -0.311 e. The van der Waals surface area contributed by atoms with E-state index >= 15 is 0 Å². The second-order valence-corrected chi connectivity index (χ2v) is 6.94. The second kappa shape index (κ2) is 7.29. The van der Waals surface area contributed by atoms with Gasteiger partial charge in [-0.05, 0) is 36.6 Å². The van der Waals surface area contributed by atoms with Crippen LogP contribution in [0.25, 0.3) is 5.69 Å². The summed E-state index contributed by atoms with van der Waals surface area (Å²) in [4.78, 5) is 14.6. The van der Waals surface area contributed by atoms with Gasteiger partial charge in [0.25, 0.3) is 0 Å². The van der Waals surface area contributed by atoms with Gasteiger partial charge in [-0.1, -0.05) is 42.1 Å². The summed E-state index contributed by atoms with van der Waals surface area (Å²) in [5, 5.41) is 8.39. The highest BCUT2D eigenvalue weighted by Crippen LogP contribution is 2.28. The number of rotatable bonds is 4. The van der Waals surface area contributed by atoms with Crippen LogP contribution in [0.1, 0.15) is 12.0 Å². The maximum Gasteiger partial charge on any atom is 0.237 e. The first-order valence-electron chi connectivity index (χ1n) is 8.40. The van der Waals surface area contributed by atoms with E-state index < -0.39 is 0 Å². The first kappa shape index (κ1) is 16.8. The van der Waals surface area contributed by atoms with E-state index in [4.69, 9.17) is 0 Å². The number of carbonyl (C=O) groups is 1. The minimum atomic E-state index is -0.356. The van der Waals surface area contributed by atoms with Gasteiger partial charge in [-0.3, -0.25) is 9.36 Å². The van der Waals surface area contributed by atoms with Crippen LogP contribution < -0.4 is 4.90 Å². The van der Waals surface area contributed by atoms with Crippen molar-refractivity contribution < 1.29 is 9.18 Å². The molecule has 3 aromatic rings. The molecule has 1 aliphatic heterocycles. The van der Waals surface area contributed by atoms with Gasteiger partial charge in [0.15, 0.2) is 5.16 Å². The van der Waals surface area contributed by atoms with Crippen molar-refractivity contribution in [2.24, 2.45) is 0 Å². The topological polar surface area (TPSA) is 51.0 Å². The number of nitrogens with zero attached hydrogens (tertiary/aromatic N) is 4. The van der Waals surface area contributed by atoms with Crippen LogP contribution in [0.3, 0.4) is 0 Å². The summed E-state index contributed by atoms with van der Waals surface area (Å²) < 4.78 is 15.6. The van der Waals surface area contributed by atoms with E-state index in [0.717, 1.165) is 25.1 Å². The molecule has 0 fully saturated rings. The number of aryl methyl sites for hydroxylation is 1. The largest absolute Gasteiger partial charge is 0.311 e. The van der Waals surface area contributed by atoms with Crippen molar-refractivity contribution in [3.63, 3.8) is 0 Å². The van der Waals surface area contributed by atoms with Crippen molar-refractivity contribution in [1.82, 2.24) is 14.8 Å². The predicted molar refractivity (Wildman–Crippen MR) is 99.2 cm³/mol. The van der Waals surface area contributed by atoms with Crippen molar-refractivity contribution in [3.8, 4) is 5.69 Å². The zero-order chi connectivity index (χ0) is 17.9. The summed E-state index contributed by atoms with van der Waals surface area (Å²) in [6.45, 7) is 0.719. The van der Waals surface area contributed by atoms with Gasteiger partial charge in [-0.2, -0.15) is 0 Å². The van der Waals surface area contributed by atoms with Crippen LogP contribution in [-0.2, 0) is 11.2 Å². The Balaban J connectivity index is 1.50. The van der Waals surface area contributed by atoms with Gasteiger partial charge >= 0.3 is 0 Å². The van der Waals surface area contributed by atoms with E-state index in [1.807, 2.05) is 23.1 Å². The van der Waals surface area contributed by atoms with E-state index in [1.165, 1.54) is 29.7 Å². The number of hydrogen-bond acceptors (Lipinski definition) is 4. The highest BCUT2D eigenvalue weighted by molar-refractivity contribution is 7.99. The lowest BCUT2D eigenvalue weighted by Crippen LogP contribution is -2.36. The van der Waals surface area contributed by atoms with Crippen LogP contribution in [0.15, 0.2) is 60.0 Å². The lowest BCUT2D eigenvalue weighted by atomic mass is 10.0. The molecule has 2 aromatic carbocycles. The molecule has 0 unspecified atom stereocenters. The van der Waals surface area contributed by atoms with E-state index in [-0.39, 0.29) is 17.5 Å². The van der Waals surface area contributed by atoms with Gasteiger partial charge in [-0.25, -0.2) is 4.39 Å². The minimum absolute atomic E-state index is 0.0187. The number of amides is 1. The fraction of sp³-hybridized carbons (Fsp3) is 0.211. The average molecular weight is 368 g/mol. The Kier molecular flexibility index (Phi) is 4.71. The molecule has 0 bridgehead atoms. The molecule has 0 saturated heterocycles. The van der Waals surface area contributed by atoms with Crippen molar-refractivity contribution in [3.05, 3.63) is 66.2 Å². The third kappa shape index (κ3) is 3.22. The lowest BCUT2D eigenvalue weighted by molar-refractivity contribution is -0.116. The van der Waals surface area contributed by atoms with Crippen molar-refractivity contribution >= 4 is 23.4 Å². The number of fused-ring (bicyclic) bond motifs is 1.